The first-order chi connectivity index (χ1) is 12.1. The maximum atomic E-state index is 12.9. The molecule has 1 amide bonds. The summed E-state index contributed by atoms with van der Waals surface area (Å²) in [7, 11) is 3.72. The Morgan fingerprint density at radius 2 is 1.84 bits per heavy atom. The number of amides is 1. The standard InChI is InChI=1S/C19H26N4O2/c1-21-13-14-23(12-9-20)18(24)19(21)7-10-22(11-8-19)15-16-3-5-17(25-2)6-4-16/h3-6H,7-8,10-15H2,1-2H3. The Bertz CT molecular complexity index is 644. The van der Waals surface area contributed by atoms with Crippen molar-refractivity contribution in [3.05, 3.63) is 29.8 Å². The minimum atomic E-state index is -0.425. The van der Waals surface area contributed by atoms with Gasteiger partial charge < -0.3 is 9.64 Å². The molecule has 2 fully saturated rings. The van der Waals surface area contributed by atoms with E-state index in [1.165, 1.54) is 5.56 Å². The van der Waals surface area contributed by atoms with Gasteiger partial charge in [0.05, 0.1) is 13.2 Å². The molecular weight excluding hydrogens is 316 g/mol. The second kappa shape index (κ2) is 7.42. The molecule has 25 heavy (non-hydrogen) atoms. The number of hydrogen-bond acceptors (Lipinski definition) is 5. The van der Waals surface area contributed by atoms with Crippen LogP contribution in [-0.2, 0) is 11.3 Å². The number of methoxy groups -OCH3 is 1. The first-order valence-corrected chi connectivity index (χ1v) is 8.82. The van der Waals surface area contributed by atoms with Gasteiger partial charge in [-0.1, -0.05) is 12.1 Å². The fourth-order valence-corrected chi connectivity index (χ4v) is 3.95. The topological polar surface area (TPSA) is 59.8 Å². The smallest absolute Gasteiger partial charge is 0.244 e. The van der Waals surface area contributed by atoms with E-state index < -0.39 is 5.54 Å². The second-order valence-corrected chi connectivity index (χ2v) is 6.96. The Morgan fingerprint density at radius 3 is 2.44 bits per heavy atom. The summed E-state index contributed by atoms with van der Waals surface area (Å²) in [6.07, 6.45) is 1.64. The monoisotopic (exact) mass is 342 g/mol. The van der Waals surface area contributed by atoms with Gasteiger partial charge in [-0.25, -0.2) is 0 Å². The van der Waals surface area contributed by atoms with Crippen molar-refractivity contribution in [2.24, 2.45) is 0 Å². The molecule has 6 nitrogen and oxygen atoms in total. The molecule has 2 aliphatic rings. The molecule has 1 aromatic rings. The molecule has 1 aromatic carbocycles. The maximum absolute atomic E-state index is 12.9. The summed E-state index contributed by atoms with van der Waals surface area (Å²) in [5.41, 5.74) is 0.831. The van der Waals surface area contributed by atoms with Crippen molar-refractivity contribution in [1.82, 2.24) is 14.7 Å². The van der Waals surface area contributed by atoms with Crippen LogP contribution in [0, 0.1) is 11.3 Å². The number of piperidine rings is 1. The SMILES string of the molecule is COc1ccc(CN2CCC3(CC2)C(=O)N(CC#N)CCN3C)cc1. The molecule has 2 saturated heterocycles. The van der Waals surface area contributed by atoms with Gasteiger partial charge in [-0.2, -0.15) is 5.26 Å². The minimum absolute atomic E-state index is 0.131. The number of likely N-dealkylation sites (N-methyl/N-ethyl adjacent to an activating group) is 1. The highest BCUT2D eigenvalue weighted by atomic mass is 16.5. The molecule has 134 valence electrons. The number of hydrogen-bond donors (Lipinski definition) is 0. The van der Waals surface area contributed by atoms with Gasteiger partial charge in [0.1, 0.15) is 17.8 Å². The summed E-state index contributed by atoms with van der Waals surface area (Å²) in [6.45, 7) is 4.36. The van der Waals surface area contributed by atoms with Crippen LogP contribution in [0.1, 0.15) is 18.4 Å². The van der Waals surface area contributed by atoms with Crippen LogP contribution in [0.25, 0.3) is 0 Å². The number of carbonyl (C=O) groups is 1. The van der Waals surface area contributed by atoms with Crippen molar-refractivity contribution in [3.8, 4) is 11.8 Å². The zero-order valence-corrected chi connectivity index (χ0v) is 15.1. The molecule has 2 aliphatic heterocycles. The molecule has 6 heteroatoms. The van der Waals surface area contributed by atoms with Gasteiger partial charge >= 0.3 is 0 Å². The average molecular weight is 342 g/mol. The number of nitriles is 1. The lowest BCUT2D eigenvalue weighted by molar-refractivity contribution is -0.153. The zero-order chi connectivity index (χ0) is 17.9. The summed E-state index contributed by atoms with van der Waals surface area (Å²) < 4.78 is 5.20. The van der Waals surface area contributed by atoms with Crippen molar-refractivity contribution in [3.63, 3.8) is 0 Å². The first-order valence-electron chi connectivity index (χ1n) is 8.82. The molecule has 1 spiro atoms. The lowest BCUT2D eigenvalue weighted by Crippen LogP contribution is -2.67. The molecule has 0 unspecified atom stereocenters. The van der Waals surface area contributed by atoms with E-state index in [0.717, 1.165) is 44.8 Å². The number of likely N-dealkylation sites (tertiary alicyclic amines) is 1. The number of benzene rings is 1. The van der Waals surface area contributed by atoms with Gasteiger partial charge in [0, 0.05) is 32.7 Å². The molecule has 0 aliphatic carbocycles. The fourth-order valence-electron chi connectivity index (χ4n) is 3.95. The van der Waals surface area contributed by atoms with Crippen molar-refractivity contribution in [2.75, 3.05) is 46.9 Å². The highest BCUT2D eigenvalue weighted by Crippen LogP contribution is 2.33. The summed E-state index contributed by atoms with van der Waals surface area (Å²) >= 11 is 0. The summed E-state index contributed by atoms with van der Waals surface area (Å²) in [5, 5.41) is 8.96. The number of carbonyl (C=O) groups excluding carboxylic acids is 1. The lowest BCUT2D eigenvalue weighted by Gasteiger charge is -2.51. The van der Waals surface area contributed by atoms with E-state index in [4.69, 9.17) is 10.00 Å². The van der Waals surface area contributed by atoms with E-state index in [1.807, 2.05) is 19.2 Å². The van der Waals surface area contributed by atoms with Crippen LogP contribution in [0.15, 0.2) is 24.3 Å². The number of rotatable bonds is 4. The fraction of sp³-hybridized carbons (Fsp3) is 0.579. The maximum Gasteiger partial charge on any atom is 0.244 e. The Balaban J connectivity index is 1.63. The Labute approximate surface area is 149 Å². The van der Waals surface area contributed by atoms with Crippen LogP contribution in [0.5, 0.6) is 5.75 Å². The molecule has 0 N–H and O–H groups in total. The van der Waals surface area contributed by atoms with Crippen LogP contribution < -0.4 is 4.74 Å². The zero-order valence-electron chi connectivity index (χ0n) is 15.1. The molecule has 0 saturated carbocycles. The highest BCUT2D eigenvalue weighted by Gasteiger charge is 2.49. The van der Waals surface area contributed by atoms with Crippen molar-refractivity contribution in [2.45, 2.75) is 24.9 Å². The third-order valence-corrected chi connectivity index (χ3v) is 5.63. The molecule has 0 aromatic heterocycles. The Hall–Kier alpha value is -2.10. The third kappa shape index (κ3) is 3.48. The van der Waals surface area contributed by atoms with E-state index >= 15 is 0 Å². The van der Waals surface area contributed by atoms with Crippen LogP contribution in [-0.4, -0.2) is 73.0 Å². The summed E-state index contributed by atoms with van der Waals surface area (Å²) in [6, 6.07) is 10.3. The Kier molecular flexibility index (Phi) is 5.26. The number of ether oxygens (including phenoxy) is 1. The van der Waals surface area contributed by atoms with Crippen molar-refractivity contribution in [1.29, 1.82) is 5.26 Å². The molecular formula is C19H26N4O2. The normalized spacial score (nSPS) is 21.3. The van der Waals surface area contributed by atoms with Crippen molar-refractivity contribution < 1.29 is 9.53 Å². The van der Waals surface area contributed by atoms with Crippen LogP contribution >= 0.6 is 0 Å². The predicted octanol–water partition coefficient (Wildman–Crippen LogP) is 1.33. The van der Waals surface area contributed by atoms with Crippen LogP contribution in [0.3, 0.4) is 0 Å². The average Bonchev–Trinajstić information content (AvgIpc) is 2.64. The molecule has 2 heterocycles. The summed E-state index contributed by atoms with van der Waals surface area (Å²) in [4.78, 5) is 19.3. The van der Waals surface area contributed by atoms with E-state index in [2.05, 4.69) is 28.0 Å². The minimum Gasteiger partial charge on any atom is -0.497 e. The van der Waals surface area contributed by atoms with E-state index in [9.17, 15) is 4.79 Å². The van der Waals surface area contributed by atoms with Gasteiger partial charge in [0.25, 0.3) is 0 Å². The van der Waals surface area contributed by atoms with Crippen LogP contribution in [0.2, 0.25) is 0 Å². The molecule has 3 rings (SSSR count). The van der Waals surface area contributed by atoms with Gasteiger partial charge in [0.15, 0.2) is 0 Å². The quantitative estimate of drug-likeness (QED) is 0.773. The van der Waals surface area contributed by atoms with Gasteiger partial charge in [-0.15, -0.1) is 0 Å². The molecule has 0 radical (unpaired) electrons. The second-order valence-electron chi connectivity index (χ2n) is 6.96. The van der Waals surface area contributed by atoms with E-state index in [0.29, 0.717) is 6.54 Å². The largest absolute Gasteiger partial charge is 0.497 e. The molecule has 0 atom stereocenters. The van der Waals surface area contributed by atoms with E-state index in [-0.39, 0.29) is 12.5 Å². The van der Waals surface area contributed by atoms with Crippen LogP contribution in [0.4, 0.5) is 0 Å². The summed E-state index contributed by atoms with van der Waals surface area (Å²) in [5.74, 6) is 1.00. The lowest BCUT2D eigenvalue weighted by atomic mass is 9.82. The highest BCUT2D eigenvalue weighted by molar-refractivity contribution is 5.87. The predicted molar refractivity (Wildman–Crippen MR) is 95.1 cm³/mol. The number of piperazine rings is 1. The van der Waals surface area contributed by atoms with Crippen molar-refractivity contribution >= 4 is 5.91 Å². The molecule has 0 bridgehead atoms. The van der Waals surface area contributed by atoms with Gasteiger partial charge in [-0.3, -0.25) is 14.6 Å². The van der Waals surface area contributed by atoms with Gasteiger partial charge in [-0.05, 0) is 37.6 Å². The number of nitrogens with zero attached hydrogens (tertiary/aromatic N) is 4. The van der Waals surface area contributed by atoms with Gasteiger partial charge in [0.2, 0.25) is 5.91 Å². The third-order valence-electron chi connectivity index (χ3n) is 5.63. The first kappa shape index (κ1) is 17.7. The van der Waals surface area contributed by atoms with E-state index in [1.54, 1.807) is 12.0 Å². The Morgan fingerprint density at radius 1 is 1.16 bits per heavy atom.